The summed E-state index contributed by atoms with van der Waals surface area (Å²) in [5.74, 6) is 0.889. The van der Waals surface area contributed by atoms with E-state index in [0.29, 0.717) is 6.10 Å². The second-order valence-electron chi connectivity index (χ2n) is 6.91. The maximum absolute atomic E-state index is 6.21. The van der Waals surface area contributed by atoms with Gasteiger partial charge in [-0.15, -0.1) is 0 Å². The molecule has 2 fully saturated rings. The van der Waals surface area contributed by atoms with Crippen LogP contribution in [0.3, 0.4) is 0 Å². The fourth-order valence-electron chi connectivity index (χ4n) is 3.48. The molecule has 3 unspecified atom stereocenters. The van der Waals surface area contributed by atoms with Crippen LogP contribution in [0.1, 0.15) is 46.5 Å². The van der Waals surface area contributed by atoms with Gasteiger partial charge in [0.1, 0.15) is 0 Å². The lowest BCUT2D eigenvalue weighted by Gasteiger charge is -2.32. The molecule has 106 valence electrons. The molecule has 1 aliphatic heterocycles. The van der Waals surface area contributed by atoms with Crippen molar-refractivity contribution >= 4 is 0 Å². The van der Waals surface area contributed by atoms with Crippen LogP contribution in [-0.4, -0.2) is 49.5 Å². The normalized spacial score (nSPS) is 33.7. The Morgan fingerprint density at radius 2 is 1.94 bits per heavy atom. The van der Waals surface area contributed by atoms with Gasteiger partial charge in [-0.3, -0.25) is 4.90 Å². The van der Waals surface area contributed by atoms with Gasteiger partial charge in [0.05, 0.1) is 18.3 Å². The molecule has 0 spiro atoms. The molecule has 3 nitrogen and oxygen atoms in total. The number of nitrogens with zero attached hydrogens (tertiary/aromatic N) is 1. The summed E-state index contributed by atoms with van der Waals surface area (Å²) in [6.45, 7) is 9.71. The van der Waals surface area contributed by atoms with Crippen LogP contribution in [0.25, 0.3) is 0 Å². The second-order valence-corrected chi connectivity index (χ2v) is 6.91. The van der Waals surface area contributed by atoms with Gasteiger partial charge < -0.3 is 9.47 Å². The Bertz CT molecular complexity index is 262. The molecule has 1 heterocycles. The summed E-state index contributed by atoms with van der Waals surface area (Å²) < 4.78 is 11.4. The molecule has 1 saturated carbocycles. The maximum atomic E-state index is 6.21. The third kappa shape index (κ3) is 3.94. The molecule has 1 aliphatic carbocycles. The minimum absolute atomic E-state index is 0.00832. The average molecular weight is 255 g/mol. The molecular formula is C15H29NO2. The summed E-state index contributed by atoms with van der Waals surface area (Å²) in [7, 11) is 1.79. The van der Waals surface area contributed by atoms with Crippen LogP contribution in [0, 0.1) is 5.92 Å². The summed E-state index contributed by atoms with van der Waals surface area (Å²) >= 11 is 0. The van der Waals surface area contributed by atoms with Gasteiger partial charge in [0.15, 0.2) is 0 Å². The molecule has 2 aliphatic rings. The molecule has 3 heteroatoms. The van der Waals surface area contributed by atoms with Gasteiger partial charge in [-0.25, -0.2) is 0 Å². The van der Waals surface area contributed by atoms with E-state index in [4.69, 9.17) is 9.47 Å². The molecule has 0 aromatic heterocycles. The maximum Gasteiger partial charge on any atom is 0.0602 e. The van der Waals surface area contributed by atoms with Gasteiger partial charge in [-0.05, 0) is 52.4 Å². The highest BCUT2D eigenvalue weighted by molar-refractivity contribution is 4.91. The van der Waals surface area contributed by atoms with E-state index in [2.05, 4.69) is 25.7 Å². The standard InChI is InChI=1S/C15H29NO2/c1-15(2,3)18-14-6-5-12-9-13(10-14)16(11-12)7-8-17-4/h12-14H,5-11H2,1-4H3. The van der Waals surface area contributed by atoms with E-state index in [1.807, 2.05) is 0 Å². The Labute approximate surface area is 112 Å². The Kier molecular flexibility index (Phi) is 4.68. The lowest BCUT2D eigenvalue weighted by molar-refractivity contribution is -0.0746. The summed E-state index contributed by atoms with van der Waals surface area (Å²) in [6, 6.07) is 0.722. The topological polar surface area (TPSA) is 21.7 Å². The predicted octanol–water partition coefficient (Wildman–Crippen LogP) is 2.69. The van der Waals surface area contributed by atoms with E-state index >= 15 is 0 Å². The molecule has 2 rings (SSSR count). The first-order valence-electron chi connectivity index (χ1n) is 7.39. The number of methoxy groups -OCH3 is 1. The van der Waals surface area contributed by atoms with E-state index < -0.39 is 0 Å². The van der Waals surface area contributed by atoms with Gasteiger partial charge >= 0.3 is 0 Å². The Balaban J connectivity index is 1.89. The molecule has 0 aromatic rings. The zero-order chi connectivity index (χ0) is 13.2. The van der Waals surface area contributed by atoms with Crippen molar-refractivity contribution in [1.29, 1.82) is 0 Å². The van der Waals surface area contributed by atoms with Crippen LogP contribution >= 0.6 is 0 Å². The molecule has 0 N–H and O–H groups in total. The lowest BCUT2D eigenvalue weighted by atomic mass is 10.0. The van der Waals surface area contributed by atoms with Crippen LogP contribution in [-0.2, 0) is 9.47 Å². The number of ether oxygens (including phenoxy) is 2. The smallest absolute Gasteiger partial charge is 0.0602 e. The fraction of sp³-hybridized carbons (Fsp3) is 1.00. The van der Waals surface area contributed by atoms with Crippen molar-refractivity contribution in [3.63, 3.8) is 0 Å². The third-order valence-electron chi connectivity index (χ3n) is 4.15. The third-order valence-corrected chi connectivity index (χ3v) is 4.15. The van der Waals surface area contributed by atoms with Gasteiger partial charge in [0.25, 0.3) is 0 Å². The second kappa shape index (κ2) is 5.89. The molecule has 1 saturated heterocycles. The number of rotatable bonds is 4. The minimum atomic E-state index is -0.00832. The zero-order valence-electron chi connectivity index (χ0n) is 12.4. The highest BCUT2D eigenvalue weighted by Crippen LogP contribution is 2.36. The van der Waals surface area contributed by atoms with E-state index in [1.165, 1.54) is 32.2 Å². The quantitative estimate of drug-likeness (QED) is 0.771. The van der Waals surface area contributed by atoms with Crippen molar-refractivity contribution in [1.82, 2.24) is 4.90 Å². The van der Waals surface area contributed by atoms with Crippen LogP contribution in [0.5, 0.6) is 0 Å². The van der Waals surface area contributed by atoms with Gasteiger partial charge in [0, 0.05) is 26.2 Å². The highest BCUT2D eigenvalue weighted by atomic mass is 16.5. The SMILES string of the molecule is COCCN1CC2CCC(OC(C)(C)C)CC1C2. The molecule has 3 atom stereocenters. The number of hydrogen-bond donors (Lipinski definition) is 0. The van der Waals surface area contributed by atoms with Crippen molar-refractivity contribution < 1.29 is 9.47 Å². The number of hydrogen-bond acceptors (Lipinski definition) is 3. The van der Waals surface area contributed by atoms with Crippen LogP contribution < -0.4 is 0 Å². The van der Waals surface area contributed by atoms with Crippen LogP contribution in [0.4, 0.5) is 0 Å². The number of likely N-dealkylation sites (tertiary alicyclic amines) is 1. The van der Waals surface area contributed by atoms with Crippen molar-refractivity contribution in [3.05, 3.63) is 0 Å². The minimum Gasteiger partial charge on any atom is -0.383 e. The fourth-order valence-corrected chi connectivity index (χ4v) is 3.48. The van der Waals surface area contributed by atoms with E-state index in [1.54, 1.807) is 7.11 Å². The summed E-state index contributed by atoms with van der Waals surface area (Å²) in [5.41, 5.74) is -0.00832. The summed E-state index contributed by atoms with van der Waals surface area (Å²) in [6.07, 6.45) is 5.60. The van der Waals surface area contributed by atoms with E-state index in [-0.39, 0.29) is 5.60 Å². The zero-order valence-corrected chi connectivity index (χ0v) is 12.4. The first kappa shape index (κ1) is 14.3. The van der Waals surface area contributed by atoms with E-state index in [0.717, 1.165) is 25.1 Å². The average Bonchev–Trinajstić information content (AvgIpc) is 2.51. The summed E-state index contributed by atoms with van der Waals surface area (Å²) in [5, 5.41) is 0. The first-order chi connectivity index (χ1) is 8.48. The molecule has 0 aromatic carbocycles. The van der Waals surface area contributed by atoms with Crippen molar-refractivity contribution in [2.45, 2.75) is 64.2 Å². The van der Waals surface area contributed by atoms with Gasteiger partial charge in [0.2, 0.25) is 0 Å². The highest BCUT2D eigenvalue weighted by Gasteiger charge is 2.37. The van der Waals surface area contributed by atoms with Gasteiger partial charge in [-0.1, -0.05) is 0 Å². The van der Waals surface area contributed by atoms with Crippen molar-refractivity contribution in [2.75, 3.05) is 26.8 Å². The van der Waals surface area contributed by atoms with Crippen molar-refractivity contribution in [3.8, 4) is 0 Å². The monoisotopic (exact) mass is 255 g/mol. The van der Waals surface area contributed by atoms with Crippen LogP contribution in [0.2, 0.25) is 0 Å². The summed E-state index contributed by atoms with van der Waals surface area (Å²) in [4.78, 5) is 2.62. The lowest BCUT2D eigenvalue weighted by Crippen LogP contribution is -2.38. The first-order valence-corrected chi connectivity index (χ1v) is 7.39. The molecule has 18 heavy (non-hydrogen) atoms. The Hall–Kier alpha value is -0.120. The Morgan fingerprint density at radius 3 is 2.61 bits per heavy atom. The molecule has 2 bridgehead atoms. The Morgan fingerprint density at radius 1 is 1.17 bits per heavy atom. The largest absolute Gasteiger partial charge is 0.383 e. The predicted molar refractivity (Wildman–Crippen MR) is 73.8 cm³/mol. The number of fused-ring (bicyclic) bond motifs is 2. The van der Waals surface area contributed by atoms with Gasteiger partial charge in [-0.2, -0.15) is 0 Å². The molecule has 0 amide bonds. The van der Waals surface area contributed by atoms with Crippen LogP contribution in [0.15, 0.2) is 0 Å². The van der Waals surface area contributed by atoms with E-state index in [9.17, 15) is 0 Å². The van der Waals surface area contributed by atoms with Crippen molar-refractivity contribution in [2.24, 2.45) is 5.92 Å². The molecule has 0 radical (unpaired) electrons. The molecular weight excluding hydrogens is 226 g/mol.